The molecule has 0 spiro atoms. The molecule has 1 N–H and O–H groups in total. The van der Waals surface area contributed by atoms with Crippen LogP contribution in [0.4, 0.5) is 11.4 Å². The largest absolute Gasteiger partial charge is 0.465 e. The molecule has 0 radical (unpaired) electrons. The molecule has 2 aromatic rings. The van der Waals surface area contributed by atoms with Gasteiger partial charge in [-0.1, -0.05) is 24.6 Å². The van der Waals surface area contributed by atoms with Crippen molar-refractivity contribution in [3.05, 3.63) is 58.6 Å². The van der Waals surface area contributed by atoms with Gasteiger partial charge < -0.3 is 10.1 Å². The summed E-state index contributed by atoms with van der Waals surface area (Å²) in [5, 5.41) is 3.19. The normalized spacial score (nSPS) is 12.2. The SMILES string of the molecule is CCC(C(=O)Nc1cc(C(=O)OC)ccc1C)N(c1ccc(Cl)cc1)S(C)(=O)=O. The number of hydrogen-bond acceptors (Lipinski definition) is 5. The molecule has 0 saturated carbocycles. The highest BCUT2D eigenvalue weighted by Crippen LogP contribution is 2.26. The van der Waals surface area contributed by atoms with Gasteiger partial charge in [-0.25, -0.2) is 13.2 Å². The van der Waals surface area contributed by atoms with Crippen molar-refractivity contribution >= 4 is 44.9 Å². The minimum Gasteiger partial charge on any atom is -0.465 e. The topological polar surface area (TPSA) is 92.8 Å². The third kappa shape index (κ3) is 5.48. The highest BCUT2D eigenvalue weighted by atomic mass is 35.5. The van der Waals surface area contributed by atoms with Gasteiger partial charge in [-0.15, -0.1) is 0 Å². The Labute approximate surface area is 175 Å². The summed E-state index contributed by atoms with van der Waals surface area (Å²) in [5.41, 5.74) is 1.73. The van der Waals surface area contributed by atoms with Crippen molar-refractivity contribution in [1.82, 2.24) is 0 Å². The van der Waals surface area contributed by atoms with Crippen molar-refractivity contribution in [3.8, 4) is 0 Å². The maximum absolute atomic E-state index is 13.0. The first-order valence-corrected chi connectivity index (χ1v) is 11.1. The predicted octanol–water partition coefficient (Wildman–Crippen LogP) is 3.62. The molecule has 2 aromatic carbocycles. The molecule has 29 heavy (non-hydrogen) atoms. The number of hydrogen-bond donors (Lipinski definition) is 1. The van der Waals surface area contributed by atoms with E-state index in [0.29, 0.717) is 16.4 Å². The Balaban J connectivity index is 2.40. The zero-order chi connectivity index (χ0) is 21.8. The van der Waals surface area contributed by atoms with Crippen molar-refractivity contribution in [3.63, 3.8) is 0 Å². The molecule has 0 aliphatic rings. The number of amides is 1. The highest BCUT2D eigenvalue weighted by Gasteiger charge is 2.31. The number of anilines is 2. The number of benzene rings is 2. The van der Waals surface area contributed by atoms with Crippen LogP contribution in [0.15, 0.2) is 42.5 Å². The van der Waals surface area contributed by atoms with Crippen LogP contribution in [0, 0.1) is 6.92 Å². The zero-order valence-electron chi connectivity index (χ0n) is 16.6. The van der Waals surface area contributed by atoms with Gasteiger partial charge in [0.05, 0.1) is 24.6 Å². The maximum Gasteiger partial charge on any atom is 0.337 e. The molecular formula is C20H23ClN2O5S. The summed E-state index contributed by atoms with van der Waals surface area (Å²) in [4.78, 5) is 24.8. The van der Waals surface area contributed by atoms with Gasteiger partial charge in [0, 0.05) is 10.7 Å². The molecule has 0 heterocycles. The van der Waals surface area contributed by atoms with E-state index in [0.717, 1.165) is 16.1 Å². The quantitative estimate of drug-likeness (QED) is 0.666. The number of esters is 1. The second-order valence-electron chi connectivity index (χ2n) is 6.47. The Bertz CT molecular complexity index is 1010. The lowest BCUT2D eigenvalue weighted by Gasteiger charge is -2.30. The lowest BCUT2D eigenvalue weighted by molar-refractivity contribution is -0.117. The van der Waals surface area contributed by atoms with Crippen LogP contribution >= 0.6 is 11.6 Å². The molecule has 0 aromatic heterocycles. The van der Waals surface area contributed by atoms with Crippen molar-refractivity contribution in [2.45, 2.75) is 26.3 Å². The lowest BCUT2D eigenvalue weighted by Crippen LogP contribution is -2.47. The number of halogens is 1. The fourth-order valence-electron chi connectivity index (χ4n) is 2.87. The van der Waals surface area contributed by atoms with Crippen LogP contribution < -0.4 is 9.62 Å². The van der Waals surface area contributed by atoms with Crippen molar-refractivity contribution < 1.29 is 22.7 Å². The minimum absolute atomic E-state index is 0.233. The third-order valence-electron chi connectivity index (χ3n) is 4.33. The Morgan fingerprint density at radius 3 is 2.31 bits per heavy atom. The second-order valence-corrected chi connectivity index (χ2v) is 8.77. The molecule has 156 valence electrons. The van der Waals surface area contributed by atoms with Gasteiger partial charge in [-0.2, -0.15) is 0 Å². The molecule has 0 aliphatic heterocycles. The molecule has 7 nitrogen and oxygen atoms in total. The number of nitrogens with zero attached hydrogens (tertiary/aromatic N) is 1. The molecule has 2 rings (SSSR count). The van der Waals surface area contributed by atoms with E-state index in [1.165, 1.54) is 13.2 Å². The Morgan fingerprint density at radius 2 is 1.79 bits per heavy atom. The lowest BCUT2D eigenvalue weighted by atomic mass is 10.1. The number of nitrogens with one attached hydrogen (secondary N) is 1. The van der Waals surface area contributed by atoms with Crippen molar-refractivity contribution in [2.24, 2.45) is 0 Å². The molecule has 0 aliphatic carbocycles. The van der Waals surface area contributed by atoms with Crippen molar-refractivity contribution in [1.29, 1.82) is 0 Å². The fraction of sp³-hybridized carbons (Fsp3) is 0.300. The summed E-state index contributed by atoms with van der Waals surface area (Å²) < 4.78 is 30.7. The second kappa shape index (κ2) is 9.28. The fourth-order valence-corrected chi connectivity index (χ4v) is 4.20. The number of ether oxygens (including phenoxy) is 1. The van der Waals surface area contributed by atoms with Crippen LogP contribution in [-0.4, -0.2) is 39.7 Å². The summed E-state index contributed by atoms with van der Waals surface area (Å²) in [5.74, 6) is -1.05. The summed E-state index contributed by atoms with van der Waals surface area (Å²) in [6.07, 6.45) is 1.28. The number of sulfonamides is 1. The van der Waals surface area contributed by atoms with Gasteiger partial charge in [0.25, 0.3) is 0 Å². The average Bonchev–Trinajstić information content (AvgIpc) is 2.67. The minimum atomic E-state index is -3.76. The number of methoxy groups -OCH3 is 1. The summed E-state index contributed by atoms with van der Waals surface area (Å²) in [6.45, 7) is 3.49. The molecule has 0 bridgehead atoms. The maximum atomic E-state index is 13.0. The number of aryl methyl sites for hydroxylation is 1. The first kappa shape index (κ1) is 22.7. The van der Waals surface area contributed by atoms with Crippen LogP contribution in [0.3, 0.4) is 0 Å². The van der Waals surface area contributed by atoms with Crippen LogP contribution in [0.25, 0.3) is 0 Å². The zero-order valence-corrected chi connectivity index (χ0v) is 18.2. The summed E-state index contributed by atoms with van der Waals surface area (Å²) in [7, 11) is -2.49. The van der Waals surface area contributed by atoms with E-state index >= 15 is 0 Å². The Kier molecular flexibility index (Phi) is 7.26. The van der Waals surface area contributed by atoms with E-state index in [1.54, 1.807) is 50.2 Å². The van der Waals surface area contributed by atoms with Gasteiger partial charge in [-0.3, -0.25) is 9.10 Å². The van der Waals surface area contributed by atoms with Gasteiger partial charge in [0.1, 0.15) is 6.04 Å². The van der Waals surface area contributed by atoms with E-state index < -0.39 is 27.9 Å². The number of carbonyl (C=O) groups excluding carboxylic acids is 2. The number of rotatable bonds is 7. The van der Waals surface area contributed by atoms with E-state index in [-0.39, 0.29) is 12.0 Å². The van der Waals surface area contributed by atoms with E-state index in [9.17, 15) is 18.0 Å². The third-order valence-corrected chi connectivity index (χ3v) is 5.76. The van der Waals surface area contributed by atoms with Crippen LogP contribution in [0.2, 0.25) is 5.02 Å². The smallest absolute Gasteiger partial charge is 0.337 e. The van der Waals surface area contributed by atoms with Crippen LogP contribution in [0.5, 0.6) is 0 Å². The summed E-state index contributed by atoms with van der Waals surface area (Å²) >= 11 is 5.90. The summed E-state index contributed by atoms with van der Waals surface area (Å²) in [6, 6.07) is 9.98. The first-order valence-electron chi connectivity index (χ1n) is 8.83. The van der Waals surface area contributed by atoms with Crippen LogP contribution in [-0.2, 0) is 19.6 Å². The number of carbonyl (C=O) groups is 2. The molecule has 0 fully saturated rings. The Hall–Kier alpha value is -2.58. The van der Waals surface area contributed by atoms with E-state index in [4.69, 9.17) is 16.3 Å². The Morgan fingerprint density at radius 1 is 1.17 bits per heavy atom. The first-order chi connectivity index (χ1) is 13.6. The molecule has 0 saturated heterocycles. The highest BCUT2D eigenvalue weighted by molar-refractivity contribution is 7.92. The van der Waals surface area contributed by atoms with Crippen LogP contribution in [0.1, 0.15) is 29.3 Å². The van der Waals surface area contributed by atoms with Gasteiger partial charge in [-0.05, 0) is 55.3 Å². The average molecular weight is 439 g/mol. The van der Waals surface area contributed by atoms with Gasteiger partial charge in [0.15, 0.2) is 0 Å². The molecule has 1 amide bonds. The predicted molar refractivity (Wildman–Crippen MR) is 114 cm³/mol. The molecule has 9 heteroatoms. The van der Waals surface area contributed by atoms with Crippen molar-refractivity contribution in [2.75, 3.05) is 23.0 Å². The van der Waals surface area contributed by atoms with E-state index in [1.807, 2.05) is 0 Å². The van der Waals surface area contributed by atoms with E-state index in [2.05, 4.69) is 5.32 Å². The molecular weight excluding hydrogens is 416 g/mol. The molecule has 1 atom stereocenters. The van der Waals surface area contributed by atoms with Gasteiger partial charge >= 0.3 is 5.97 Å². The van der Waals surface area contributed by atoms with Gasteiger partial charge in [0.2, 0.25) is 15.9 Å². The monoisotopic (exact) mass is 438 g/mol. The standard InChI is InChI=1S/C20H23ClN2O5S/c1-5-18(23(29(4,26)27)16-10-8-15(21)9-11-16)19(24)22-17-12-14(20(25)28-3)7-6-13(17)2/h6-12,18H,5H2,1-4H3,(H,22,24). The molecule has 1 unspecified atom stereocenters.